The number of rotatable bonds is 4. The fourth-order valence-corrected chi connectivity index (χ4v) is 1.13. The SMILES string of the molecule is C[C@H](CN)NC(=O)Cn1ccccc1=O. The van der Waals surface area contributed by atoms with Gasteiger partial charge in [0.25, 0.3) is 5.56 Å². The van der Waals surface area contributed by atoms with Crippen molar-refractivity contribution in [1.29, 1.82) is 0 Å². The number of hydrogen-bond donors (Lipinski definition) is 2. The number of hydrogen-bond acceptors (Lipinski definition) is 3. The molecule has 1 rings (SSSR count). The highest BCUT2D eigenvalue weighted by Gasteiger charge is 2.06. The van der Waals surface area contributed by atoms with Gasteiger partial charge in [-0.3, -0.25) is 9.59 Å². The second-order valence-corrected chi connectivity index (χ2v) is 3.37. The lowest BCUT2D eigenvalue weighted by Crippen LogP contribution is -2.40. The van der Waals surface area contributed by atoms with E-state index in [-0.39, 0.29) is 24.1 Å². The molecular weight excluding hydrogens is 194 g/mol. The number of aromatic nitrogens is 1. The van der Waals surface area contributed by atoms with E-state index in [9.17, 15) is 9.59 Å². The van der Waals surface area contributed by atoms with E-state index in [0.717, 1.165) is 0 Å². The normalized spacial score (nSPS) is 12.1. The highest BCUT2D eigenvalue weighted by atomic mass is 16.2. The van der Waals surface area contributed by atoms with Crippen LogP contribution < -0.4 is 16.6 Å². The number of nitrogens with one attached hydrogen (secondary N) is 1. The van der Waals surface area contributed by atoms with Crippen LogP contribution in [0.4, 0.5) is 0 Å². The van der Waals surface area contributed by atoms with Crippen LogP contribution in [0, 0.1) is 0 Å². The summed E-state index contributed by atoms with van der Waals surface area (Å²) in [6.07, 6.45) is 1.58. The van der Waals surface area contributed by atoms with Gasteiger partial charge in [0.2, 0.25) is 5.91 Å². The third kappa shape index (κ3) is 3.55. The van der Waals surface area contributed by atoms with Crippen LogP contribution in [0.25, 0.3) is 0 Å². The third-order valence-electron chi connectivity index (χ3n) is 1.97. The summed E-state index contributed by atoms with van der Waals surface area (Å²) in [5.41, 5.74) is 5.17. The number of amides is 1. The first-order valence-corrected chi connectivity index (χ1v) is 4.78. The van der Waals surface area contributed by atoms with Gasteiger partial charge in [0.1, 0.15) is 6.54 Å². The molecule has 1 aromatic heterocycles. The molecule has 0 aliphatic rings. The first-order chi connectivity index (χ1) is 7.13. The molecule has 0 fully saturated rings. The summed E-state index contributed by atoms with van der Waals surface area (Å²) in [7, 11) is 0. The maximum absolute atomic E-state index is 11.4. The van der Waals surface area contributed by atoms with E-state index in [0.29, 0.717) is 6.54 Å². The average Bonchev–Trinajstić information content (AvgIpc) is 2.21. The first-order valence-electron chi connectivity index (χ1n) is 4.78. The van der Waals surface area contributed by atoms with Crippen LogP contribution in [0.2, 0.25) is 0 Å². The van der Waals surface area contributed by atoms with Crippen molar-refractivity contribution in [3.63, 3.8) is 0 Å². The summed E-state index contributed by atoms with van der Waals surface area (Å²) in [4.78, 5) is 22.7. The largest absolute Gasteiger partial charge is 0.351 e. The average molecular weight is 209 g/mol. The number of carbonyl (C=O) groups excluding carboxylic acids is 1. The number of carbonyl (C=O) groups is 1. The standard InChI is InChI=1S/C10H15N3O2/c1-8(6-11)12-9(14)7-13-5-3-2-4-10(13)15/h2-5,8H,6-7,11H2,1H3,(H,12,14)/t8-/m1/s1. The van der Waals surface area contributed by atoms with E-state index < -0.39 is 0 Å². The van der Waals surface area contributed by atoms with Crippen molar-refractivity contribution in [3.8, 4) is 0 Å². The summed E-state index contributed by atoms with van der Waals surface area (Å²) >= 11 is 0. The Morgan fingerprint density at radius 1 is 1.60 bits per heavy atom. The molecule has 0 aliphatic heterocycles. The number of pyridine rings is 1. The zero-order valence-corrected chi connectivity index (χ0v) is 8.64. The summed E-state index contributed by atoms with van der Waals surface area (Å²) in [6.45, 7) is 2.23. The Morgan fingerprint density at radius 2 is 2.33 bits per heavy atom. The molecule has 0 aromatic carbocycles. The summed E-state index contributed by atoms with van der Waals surface area (Å²) in [5, 5.41) is 2.68. The molecule has 1 aromatic rings. The fraction of sp³-hybridized carbons (Fsp3) is 0.400. The third-order valence-corrected chi connectivity index (χ3v) is 1.97. The van der Waals surface area contributed by atoms with Crippen LogP contribution in [0.3, 0.4) is 0 Å². The lowest BCUT2D eigenvalue weighted by molar-refractivity contribution is -0.122. The quantitative estimate of drug-likeness (QED) is 0.689. The maximum Gasteiger partial charge on any atom is 0.250 e. The van der Waals surface area contributed by atoms with E-state index in [1.54, 1.807) is 18.3 Å². The zero-order valence-electron chi connectivity index (χ0n) is 8.64. The molecule has 1 amide bonds. The number of nitrogens with two attached hydrogens (primary N) is 1. The van der Waals surface area contributed by atoms with Gasteiger partial charge in [-0.15, -0.1) is 0 Å². The molecule has 0 aliphatic carbocycles. The smallest absolute Gasteiger partial charge is 0.250 e. The Morgan fingerprint density at radius 3 is 2.93 bits per heavy atom. The van der Waals surface area contributed by atoms with E-state index in [4.69, 9.17) is 5.73 Å². The maximum atomic E-state index is 11.4. The summed E-state index contributed by atoms with van der Waals surface area (Å²) in [6, 6.07) is 4.69. The van der Waals surface area contributed by atoms with Crippen LogP contribution in [-0.4, -0.2) is 23.1 Å². The predicted octanol–water partition coefficient (Wildman–Crippen LogP) is -0.688. The minimum atomic E-state index is -0.207. The van der Waals surface area contributed by atoms with Crippen LogP contribution >= 0.6 is 0 Å². The van der Waals surface area contributed by atoms with Gasteiger partial charge in [-0.05, 0) is 13.0 Å². The summed E-state index contributed by atoms with van der Waals surface area (Å²) in [5.74, 6) is -0.207. The van der Waals surface area contributed by atoms with Crippen LogP contribution in [0.15, 0.2) is 29.2 Å². The lowest BCUT2D eigenvalue weighted by atomic mass is 10.3. The van der Waals surface area contributed by atoms with Gasteiger partial charge in [-0.25, -0.2) is 0 Å². The van der Waals surface area contributed by atoms with Gasteiger partial charge in [-0.1, -0.05) is 6.07 Å². The van der Waals surface area contributed by atoms with Gasteiger partial charge < -0.3 is 15.6 Å². The molecule has 5 nitrogen and oxygen atoms in total. The van der Waals surface area contributed by atoms with Crippen LogP contribution in [-0.2, 0) is 11.3 Å². The van der Waals surface area contributed by atoms with Crippen molar-refractivity contribution in [2.45, 2.75) is 19.5 Å². The molecule has 0 saturated heterocycles. The molecular formula is C10H15N3O2. The molecule has 1 heterocycles. The van der Waals surface area contributed by atoms with Gasteiger partial charge in [0, 0.05) is 24.8 Å². The highest BCUT2D eigenvalue weighted by Crippen LogP contribution is 1.84. The van der Waals surface area contributed by atoms with Gasteiger partial charge in [0.05, 0.1) is 0 Å². The fourth-order valence-electron chi connectivity index (χ4n) is 1.13. The predicted molar refractivity (Wildman–Crippen MR) is 57.4 cm³/mol. The van der Waals surface area contributed by atoms with Crippen molar-refractivity contribution in [3.05, 3.63) is 34.7 Å². The van der Waals surface area contributed by atoms with Crippen molar-refractivity contribution in [2.24, 2.45) is 5.73 Å². The monoisotopic (exact) mass is 209 g/mol. The minimum absolute atomic E-state index is 0.0318. The lowest BCUT2D eigenvalue weighted by Gasteiger charge is -2.11. The molecule has 0 bridgehead atoms. The number of nitrogens with zero attached hydrogens (tertiary/aromatic N) is 1. The molecule has 0 unspecified atom stereocenters. The molecule has 0 saturated carbocycles. The Bertz CT molecular complexity index is 386. The second-order valence-electron chi connectivity index (χ2n) is 3.37. The Kier molecular flexibility index (Phi) is 4.05. The summed E-state index contributed by atoms with van der Waals surface area (Å²) < 4.78 is 1.35. The molecule has 3 N–H and O–H groups in total. The molecule has 15 heavy (non-hydrogen) atoms. The second kappa shape index (κ2) is 5.31. The van der Waals surface area contributed by atoms with E-state index >= 15 is 0 Å². The van der Waals surface area contributed by atoms with E-state index in [2.05, 4.69) is 5.32 Å². The van der Waals surface area contributed by atoms with Gasteiger partial charge in [0.15, 0.2) is 0 Å². The van der Waals surface area contributed by atoms with Crippen molar-refractivity contribution >= 4 is 5.91 Å². The molecule has 0 radical (unpaired) electrons. The molecule has 82 valence electrons. The molecule has 5 heteroatoms. The first kappa shape index (κ1) is 11.5. The van der Waals surface area contributed by atoms with E-state index in [1.165, 1.54) is 10.6 Å². The van der Waals surface area contributed by atoms with Crippen LogP contribution in [0.1, 0.15) is 6.92 Å². The van der Waals surface area contributed by atoms with Crippen molar-refractivity contribution < 1.29 is 4.79 Å². The topological polar surface area (TPSA) is 77.1 Å². The highest BCUT2D eigenvalue weighted by molar-refractivity contribution is 5.76. The Labute approximate surface area is 87.9 Å². The molecule has 1 atom stereocenters. The minimum Gasteiger partial charge on any atom is -0.351 e. The van der Waals surface area contributed by atoms with Crippen molar-refractivity contribution in [2.75, 3.05) is 6.54 Å². The van der Waals surface area contributed by atoms with Crippen molar-refractivity contribution in [1.82, 2.24) is 9.88 Å². The Hall–Kier alpha value is -1.62. The molecule has 0 spiro atoms. The van der Waals surface area contributed by atoms with Crippen LogP contribution in [0.5, 0.6) is 0 Å². The Balaban J connectivity index is 2.59. The van der Waals surface area contributed by atoms with Gasteiger partial charge >= 0.3 is 0 Å². The van der Waals surface area contributed by atoms with E-state index in [1.807, 2.05) is 6.92 Å². The zero-order chi connectivity index (χ0) is 11.3. The van der Waals surface area contributed by atoms with Gasteiger partial charge in [-0.2, -0.15) is 0 Å².